The van der Waals surface area contributed by atoms with Crippen LogP contribution >= 0.6 is 11.3 Å². The molecule has 0 unspecified atom stereocenters. The second-order valence-corrected chi connectivity index (χ2v) is 15.6. The van der Waals surface area contributed by atoms with Crippen molar-refractivity contribution in [3.8, 4) is 5.69 Å². The molecule has 0 fully saturated rings. The van der Waals surface area contributed by atoms with E-state index in [1.807, 2.05) is 12.1 Å². The van der Waals surface area contributed by atoms with Crippen LogP contribution in [0.3, 0.4) is 0 Å². The Morgan fingerprint density at radius 3 is 1.95 bits per heavy atom. The topological polar surface area (TPSA) is 11.4 Å². The molecule has 3 nitrogen and oxygen atoms in total. The van der Waals surface area contributed by atoms with Crippen LogP contribution in [0.2, 0.25) is 0 Å². The zero-order chi connectivity index (χ0) is 36.4. The van der Waals surface area contributed by atoms with Crippen molar-refractivity contribution in [3.05, 3.63) is 181 Å². The highest BCUT2D eigenvalue weighted by Crippen LogP contribution is 2.49. The lowest BCUT2D eigenvalue weighted by molar-refractivity contribution is 0.628. The molecule has 0 aliphatic carbocycles. The maximum absolute atomic E-state index is 14.8. The van der Waals surface area contributed by atoms with Gasteiger partial charge in [0.25, 0.3) is 6.71 Å². The third-order valence-electron chi connectivity index (χ3n) is 11.8. The number of rotatable bonds is 3. The molecule has 2 aliphatic heterocycles. The van der Waals surface area contributed by atoms with E-state index in [4.69, 9.17) is 0 Å². The van der Waals surface area contributed by atoms with Crippen molar-refractivity contribution in [3.63, 3.8) is 0 Å². The monoisotopic (exact) mass is 723 g/mol. The van der Waals surface area contributed by atoms with E-state index >= 15 is 0 Å². The minimum absolute atomic E-state index is 0.102. The number of fused-ring (bicyclic) bond motifs is 13. The van der Waals surface area contributed by atoms with Gasteiger partial charge in [-0.15, -0.1) is 11.3 Å². The Hall–Kier alpha value is -6.63. The van der Waals surface area contributed by atoms with Gasteiger partial charge in [0.2, 0.25) is 0 Å². The summed E-state index contributed by atoms with van der Waals surface area (Å²) in [6.07, 6.45) is 0. The Bertz CT molecular complexity index is 3190. The summed E-state index contributed by atoms with van der Waals surface area (Å²) in [6.45, 7) is 2.04. The average Bonchev–Trinajstić information content (AvgIpc) is 3.86. The van der Waals surface area contributed by atoms with Crippen molar-refractivity contribution >= 4 is 111 Å². The molecule has 258 valence electrons. The summed E-state index contributed by atoms with van der Waals surface area (Å²) < 4.78 is 18.5. The van der Waals surface area contributed by atoms with Crippen molar-refractivity contribution in [2.45, 2.75) is 6.92 Å². The summed E-state index contributed by atoms with van der Waals surface area (Å²) in [7, 11) is 0. The van der Waals surface area contributed by atoms with Gasteiger partial charge in [-0.2, -0.15) is 0 Å². The largest absolute Gasteiger partial charge is 0.311 e. The van der Waals surface area contributed by atoms with Gasteiger partial charge in [-0.05, 0) is 119 Å². The van der Waals surface area contributed by atoms with Crippen LogP contribution in [-0.4, -0.2) is 11.3 Å². The first-order valence-electron chi connectivity index (χ1n) is 18.7. The molecule has 0 N–H and O–H groups in total. The fraction of sp³-hybridized carbons (Fsp3) is 0.0204. The average molecular weight is 724 g/mol. The summed E-state index contributed by atoms with van der Waals surface area (Å²) >= 11 is 1.80. The summed E-state index contributed by atoms with van der Waals surface area (Å²) in [5.41, 5.74) is 15.2. The normalized spacial score (nSPS) is 13.2. The quantitative estimate of drug-likeness (QED) is 0.168. The standard InChI is InChI=1S/C49H31BFN3S/c1-30-18-22-33(23-19-30)52-40-16-9-17-41-46(40)50(45-38-28-29-55-43(38)27-26-42(45)52)47-44-37-14-7-8-15-39(37)53(32-10-3-2-4-11-32)48(44)35-12-5-6-13-36(35)49(47)54(41)34-24-20-31(51)21-25-34/h2-29H,1H3. The maximum Gasteiger partial charge on any atom is 0.253 e. The smallest absolute Gasteiger partial charge is 0.253 e. The molecule has 0 spiro atoms. The highest BCUT2D eigenvalue weighted by molar-refractivity contribution is 7.18. The molecule has 0 saturated heterocycles. The molecule has 0 radical (unpaired) electrons. The zero-order valence-electron chi connectivity index (χ0n) is 29.9. The predicted octanol–water partition coefficient (Wildman–Crippen LogP) is 11.7. The lowest BCUT2D eigenvalue weighted by Gasteiger charge is -2.45. The highest BCUT2D eigenvalue weighted by atomic mass is 32.1. The van der Waals surface area contributed by atoms with Crippen LogP contribution in [0.15, 0.2) is 169 Å². The third kappa shape index (κ3) is 4.20. The Balaban J connectivity index is 1.33. The second kappa shape index (κ2) is 11.4. The molecule has 2 aliphatic rings. The number of hydrogen-bond acceptors (Lipinski definition) is 3. The summed E-state index contributed by atoms with van der Waals surface area (Å²) in [4.78, 5) is 4.87. The predicted molar refractivity (Wildman–Crippen MR) is 232 cm³/mol. The molecule has 6 heteroatoms. The van der Waals surface area contributed by atoms with Crippen LogP contribution < -0.4 is 26.2 Å². The number of hydrogen-bond donors (Lipinski definition) is 0. The molecule has 0 atom stereocenters. The molecule has 55 heavy (non-hydrogen) atoms. The van der Waals surface area contributed by atoms with Gasteiger partial charge in [0.1, 0.15) is 5.82 Å². The fourth-order valence-electron chi connectivity index (χ4n) is 9.59. The van der Waals surface area contributed by atoms with E-state index in [2.05, 4.69) is 166 Å². The van der Waals surface area contributed by atoms with Gasteiger partial charge in [0, 0.05) is 60.4 Å². The Morgan fingerprint density at radius 1 is 0.491 bits per heavy atom. The molecular formula is C49H31BFN3S. The molecule has 0 bridgehead atoms. The van der Waals surface area contributed by atoms with Gasteiger partial charge in [-0.25, -0.2) is 4.39 Å². The lowest BCUT2D eigenvalue weighted by Crippen LogP contribution is -2.61. The van der Waals surface area contributed by atoms with Gasteiger partial charge in [-0.1, -0.05) is 84.4 Å². The van der Waals surface area contributed by atoms with Crippen LogP contribution in [0.4, 0.5) is 38.5 Å². The van der Waals surface area contributed by atoms with Crippen LogP contribution in [0.1, 0.15) is 5.56 Å². The van der Waals surface area contributed by atoms with Crippen LogP contribution in [-0.2, 0) is 0 Å². The molecular weight excluding hydrogens is 692 g/mol. The fourth-order valence-corrected chi connectivity index (χ4v) is 10.4. The van der Waals surface area contributed by atoms with Crippen molar-refractivity contribution in [2.75, 3.05) is 9.80 Å². The van der Waals surface area contributed by atoms with Crippen LogP contribution in [0, 0.1) is 12.7 Å². The molecule has 12 rings (SSSR count). The summed E-state index contributed by atoms with van der Waals surface area (Å²) in [5.74, 6) is -0.250. The van der Waals surface area contributed by atoms with Crippen molar-refractivity contribution in [1.82, 2.24) is 4.57 Å². The van der Waals surface area contributed by atoms with E-state index in [-0.39, 0.29) is 12.5 Å². The Kier molecular flexibility index (Phi) is 6.41. The van der Waals surface area contributed by atoms with E-state index in [1.54, 1.807) is 23.5 Å². The number of aromatic nitrogens is 1. The number of aryl methyl sites for hydroxylation is 1. The minimum atomic E-state index is -0.250. The summed E-state index contributed by atoms with van der Waals surface area (Å²) in [5, 5.41) is 8.30. The van der Waals surface area contributed by atoms with E-state index in [0.29, 0.717) is 0 Å². The van der Waals surface area contributed by atoms with Crippen LogP contribution in [0.5, 0.6) is 0 Å². The first-order chi connectivity index (χ1) is 27.2. The molecule has 0 saturated carbocycles. The highest BCUT2D eigenvalue weighted by Gasteiger charge is 2.46. The Morgan fingerprint density at radius 2 is 1.15 bits per heavy atom. The molecule has 10 aromatic rings. The van der Waals surface area contributed by atoms with Gasteiger partial charge in [-0.3, -0.25) is 0 Å². The number of thiophene rings is 1. The number of nitrogens with zero attached hydrogens (tertiary/aromatic N) is 3. The number of benzene rings is 8. The Labute approximate surface area is 321 Å². The molecule has 2 aromatic heterocycles. The van der Waals surface area contributed by atoms with Gasteiger partial charge >= 0.3 is 0 Å². The van der Waals surface area contributed by atoms with Gasteiger partial charge in [0.15, 0.2) is 0 Å². The zero-order valence-corrected chi connectivity index (χ0v) is 30.7. The number of anilines is 6. The SMILES string of the molecule is Cc1ccc(N2c3cccc4c3B(c3c2ccc2sccc32)c2c(c3ccccc3c3c2c2ccccc2n3-c2ccccc2)N4c2ccc(F)cc2)cc1. The van der Waals surface area contributed by atoms with Crippen LogP contribution in [0.25, 0.3) is 48.4 Å². The van der Waals surface area contributed by atoms with Crippen molar-refractivity contribution < 1.29 is 4.39 Å². The molecule has 0 amide bonds. The van der Waals surface area contributed by atoms with E-state index in [1.165, 1.54) is 64.9 Å². The van der Waals surface area contributed by atoms with Crippen molar-refractivity contribution in [2.24, 2.45) is 0 Å². The second-order valence-electron chi connectivity index (χ2n) is 14.7. The molecule has 4 heterocycles. The molecule has 8 aromatic carbocycles. The third-order valence-corrected chi connectivity index (χ3v) is 12.6. The number of halogens is 1. The first kappa shape index (κ1) is 30.8. The maximum atomic E-state index is 14.8. The van der Waals surface area contributed by atoms with Gasteiger partial charge in [0.05, 0.1) is 16.7 Å². The first-order valence-corrected chi connectivity index (χ1v) is 19.6. The summed E-state index contributed by atoms with van der Waals surface area (Å²) in [6, 6.07) is 58.1. The van der Waals surface area contributed by atoms with E-state index < -0.39 is 0 Å². The van der Waals surface area contributed by atoms with Crippen molar-refractivity contribution in [1.29, 1.82) is 0 Å². The van der Waals surface area contributed by atoms with Gasteiger partial charge < -0.3 is 14.4 Å². The lowest BCUT2D eigenvalue weighted by atomic mass is 9.32. The number of para-hydroxylation sites is 2. The van der Waals surface area contributed by atoms with E-state index in [0.717, 1.165) is 39.5 Å². The van der Waals surface area contributed by atoms with E-state index in [9.17, 15) is 4.39 Å². The minimum Gasteiger partial charge on any atom is -0.311 e.